The fourth-order valence-electron chi connectivity index (χ4n) is 1.75. The van der Waals surface area contributed by atoms with Crippen LogP contribution in [0.5, 0.6) is 0 Å². The normalized spacial score (nSPS) is 10.8. The summed E-state index contributed by atoms with van der Waals surface area (Å²) >= 11 is 1.57. The molecule has 96 valence electrons. The van der Waals surface area contributed by atoms with Gasteiger partial charge < -0.3 is 0 Å². The number of hydrogen-bond donors (Lipinski definition) is 0. The summed E-state index contributed by atoms with van der Waals surface area (Å²) in [7, 11) is 0. The van der Waals surface area contributed by atoms with E-state index in [0.717, 1.165) is 29.5 Å². The third-order valence-electron chi connectivity index (χ3n) is 2.53. The van der Waals surface area contributed by atoms with E-state index in [1.807, 2.05) is 12.3 Å². The van der Waals surface area contributed by atoms with Gasteiger partial charge in [0.05, 0.1) is 17.1 Å². The van der Waals surface area contributed by atoms with Gasteiger partial charge in [0.25, 0.3) is 0 Å². The number of carbonyl (C=O) groups is 1. The first-order valence-electron chi connectivity index (χ1n) is 5.98. The monoisotopic (exact) mass is 264 g/mol. The zero-order valence-electron chi connectivity index (χ0n) is 10.6. The van der Waals surface area contributed by atoms with Crippen LogP contribution in [0.15, 0.2) is 11.7 Å². The van der Waals surface area contributed by atoms with Gasteiger partial charge in [0.2, 0.25) is 0 Å². The standard InChI is InChI=1S/C12H16N4OS/c1-3-4-16-12(13-8-14-16)6-11(17)5-10-7-18-9(2)15-10/h7-8H,3-6H2,1-2H3. The van der Waals surface area contributed by atoms with Crippen molar-refractivity contribution in [3.63, 3.8) is 0 Å². The smallest absolute Gasteiger partial charge is 0.146 e. The van der Waals surface area contributed by atoms with Gasteiger partial charge in [-0.2, -0.15) is 5.10 Å². The first kappa shape index (κ1) is 12.9. The summed E-state index contributed by atoms with van der Waals surface area (Å²) in [6.07, 6.45) is 3.20. The average molecular weight is 264 g/mol. The Morgan fingerprint density at radius 3 is 2.94 bits per heavy atom. The molecule has 0 amide bonds. The van der Waals surface area contributed by atoms with Gasteiger partial charge in [-0.3, -0.25) is 4.79 Å². The number of ketones is 1. The van der Waals surface area contributed by atoms with Crippen molar-refractivity contribution < 1.29 is 4.79 Å². The maximum absolute atomic E-state index is 11.9. The Morgan fingerprint density at radius 2 is 2.28 bits per heavy atom. The molecule has 2 rings (SSSR count). The average Bonchev–Trinajstić information content (AvgIpc) is 2.90. The quantitative estimate of drug-likeness (QED) is 0.798. The van der Waals surface area contributed by atoms with Crippen molar-refractivity contribution in [2.45, 2.75) is 39.7 Å². The molecule has 0 fully saturated rings. The molecule has 0 unspecified atom stereocenters. The van der Waals surface area contributed by atoms with Crippen LogP contribution in [0.3, 0.4) is 0 Å². The number of carbonyl (C=O) groups excluding carboxylic acids is 1. The topological polar surface area (TPSA) is 60.7 Å². The van der Waals surface area contributed by atoms with Crippen molar-refractivity contribution in [2.75, 3.05) is 0 Å². The van der Waals surface area contributed by atoms with E-state index in [-0.39, 0.29) is 5.78 Å². The molecule has 18 heavy (non-hydrogen) atoms. The van der Waals surface area contributed by atoms with Gasteiger partial charge in [-0.05, 0) is 13.3 Å². The molecule has 6 heteroatoms. The molecule has 0 spiro atoms. The molecule has 0 atom stereocenters. The van der Waals surface area contributed by atoms with E-state index >= 15 is 0 Å². The summed E-state index contributed by atoms with van der Waals surface area (Å²) in [5, 5.41) is 7.04. The second kappa shape index (κ2) is 5.86. The van der Waals surface area contributed by atoms with Crippen LogP contribution in [0.25, 0.3) is 0 Å². The minimum atomic E-state index is 0.130. The van der Waals surface area contributed by atoms with Gasteiger partial charge in [-0.25, -0.2) is 14.6 Å². The maximum atomic E-state index is 11.9. The van der Waals surface area contributed by atoms with E-state index in [2.05, 4.69) is 22.0 Å². The van der Waals surface area contributed by atoms with E-state index in [0.29, 0.717) is 12.8 Å². The summed E-state index contributed by atoms with van der Waals surface area (Å²) in [5.41, 5.74) is 0.851. The van der Waals surface area contributed by atoms with Crippen LogP contribution in [0.1, 0.15) is 29.9 Å². The summed E-state index contributed by atoms with van der Waals surface area (Å²) in [5.74, 6) is 0.874. The largest absolute Gasteiger partial charge is 0.299 e. The Hall–Kier alpha value is -1.56. The number of Topliss-reactive ketones (excluding diaryl/α,β-unsaturated/α-hetero) is 1. The number of aryl methyl sites for hydroxylation is 2. The van der Waals surface area contributed by atoms with Crippen molar-refractivity contribution in [1.82, 2.24) is 19.7 Å². The lowest BCUT2D eigenvalue weighted by Gasteiger charge is -2.03. The third-order valence-corrected chi connectivity index (χ3v) is 3.35. The molecule has 0 saturated carbocycles. The lowest BCUT2D eigenvalue weighted by molar-refractivity contribution is -0.118. The van der Waals surface area contributed by atoms with Gasteiger partial charge >= 0.3 is 0 Å². The van der Waals surface area contributed by atoms with E-state index < -0.39 is 0 Å². The minimum absolute atomic E-state index is 0.130. The van der Waals surface area contributed by atoms with Crippen LogP contribution < -0.4 is 0 Å². The molecule has 2 aromatic rings. The Bertz CT molecular complexity index is 532. The maximum Gasteiger partial charge on any atom is 0.146 e. The Kier molecular flexibility index (Phi) is 4.19. The first-order chi connectivity index (χ1) is 8.69. The zero-order valence-corrected chi connectivity index (χ0v) is 11.4. The molecule has 0 aromatic carbocycles. The van der Waals surface area contributed by atoms with Crippen molar-refractivity contribution in [2.24, 2.45) is 0 Å². The summed E-state index contributed by atoms with van der Waals surface area (Å²) < 4.78 is 1.80. The van der Waals surface area contributed by atoms with E-state index in [1.165, 1.54) is 6.33 Å². The lowest BCUT2D eigenvalue weighted by Crippen LogP contribution is -2.13. The second-order valence-corrected chi connectivity index (χ2v) is 5.21. The molecule has 2 heterocycles. The number of nitrogens with zero attached hydrogens (tertiary/aromatic N) is 4. The van der Waals surface area contributed by atoms with Gasteiger partial charge in [-0.1, -0.05) is 6.92 Å². The van der Waals surface area contributed by atoms with Gasteiger partial charge in [0.15, 0.2) is 0 Å². The highest BCUT2D eigenvalue weighted by Gasteiger charge is 2.11. The molecule has 0 aliphatic rings. The van der Waals surface area contributed by atoms with E-state index in [4.69, 9.17) is 0 Å². The first-order valence-corrected chi connectivity index (χ1v) is 6.86. The molecule has 0 radical (unpaired) electrons. The fraction of sp³-hybridized carbons (Fsp3) is 0.500. The Labute approximate surface area is 110 Å². The van der Waals surface area contributed by atoms with Crippen LogP contribution in [0.4, 0.5) is 0 Å². The lowest BCUT2D eigenvalue weighted by atomic mass is 10.2. The summed E-state index contributed by atoms with van der Waals surface area (Å²) in [4.78, 5) is 20.4. The number of thiazole rings is 1. The van der Waals surface area contributed by atoms with Crippen LogP contribution in [0.2, 0.25) is 0 Å². The third kappa shape index (κ3) is 3.22. The van der Waals surface area contributed by atoms with Crippen molar-refractivity contribution in [3.05, 3.63) is 28.2 Å². The molecular weight excluding hydrogens is 248 g/mol. The van der Waals surface area contributed by atoms with Crippen LogP contribution in [-0.2, 0) is 24.2 Å². The molecule has 5 nitrogen and oxygen atoms in total. The molecule has 0 bridgehead atoms. The van der Waals surface area contributed by atoms with Gasteiger partial charge in [0.1, 0.15) is 17.9 Å². The molecular formula is C12H16N4OS. The van der Waals surface area contributed by atoms with Crippen LogP contribution >= 0.6 is 11.3 Å². The Balaban J connectivity index is 1.96. The minimum Gasteiger partial charge on any atom is -0.299 e. The highest BCUT2D eigenvalue weighted by molar-refractivity contribution is 7.09. The SMILES string of the molecule is CCCn1ncnc1CC(=O)Cc1csc(C)n1. The molecule has 0 aliphatic carbocycles. The van der Waals surface area contributed by atoms with Crippen molar-refractivity contribution in [1.29, 1.82) is 0 Å². The van der Waals surface area contributed by atoms with E-state index in [9.17, 15) is 4.79 Å². The molecule has 0 saturated heterocycles. The highest BCUT2D eigenvalue weighted by atomic mass is 32.1. The van der Waals surface area contributed by atoms with Gasteiger partial charge in [-0.15, -0.1) is 11.3 Å². The zero-order chi connectivity index (χ0) is 13.0. The fourth-order valence-corrected chi connectivity index (χ4v) is 2.37. The summed E-state index contributed by atoms with van der Waals surface area (Å²) in [6.45, 7) is 4.82. The predicted octanol–water partition coefficient (Wildman–Crippen LogP) is 1.81. The van der Waals surface area contributed by atoms with Gasteiger partial charge in [0, 0.05) is 18.3 Å². The number of aromatic nitrogens is 4. The van der Waals surface area contributed by atoms with Crippen LogP contribution in [-0.4, -0.2) is 25.5 Å². The molecule has 0 N–H and O–H groups in total. The number of hydrogen-bond acceptors (Lipinski definition) is 5. The predicted molar refractivity (Wildman–Crippen MR) is 69.6 cm³/mol. The van der Waals surface area contributed by atoms with Crippen LogP contribution in [0, 0.1) is 6.92 Å². The Morgan fingerprint density at radius 1 is 1.44 bits per heavy atom. The van der Waals surface area contributed by atoms with E-state index in [1.54, 1.807) is 16.0 Å². The van der Waals surface area contributed by atoms with Crippen molar-refractivity contribution >= 4 is 17.1 Å². The number of rotatable bonds is 6. The molecule has 0 aliphatic heterocycles. The van der Waals surface area contributed by atoms with Crippen molar-refractivity contribution in [3.8, 4) is 0 Å². The molecule has 2 aromatic heterocycles. The summed E-state index contributed by atoms with van der Waals surface area (Å²) in [6, 6.07) is 0. The second-order valence-electron chi connectivity index (χ2n) is 4.15. The highest BCUT2D eigenvalue weighted by Crippen LogP contribution is 2.09.